The third kappa shape index (κ3) is 5.15. The standard InChI is InChI=1S/C19H19N3O3S2/c1-3-25-19(24)22-17-16(13-8-6-12(2)7-9-13)21-18(27-17)20-15(23)11-14-5-4-10-26-14/h4-10H,3,11H2,1-2H3,(H,22,24)(H,20,21,23). The van der Waals surface area contributed by atoms with Gasteiger partial charge < -0.3 is 10.1 Å². The Balaban J connectivity index is 1.83. The van der Waals surface area contributed by atoms with Crippen molar-refractivity contribution in [1.82, 2.24) is 4.98 Å². The van der Waals surface area contributed by atoms with Gasteiger partial charge in [0.1, 0.15) is 10.7 Å². The molecule has 2 N–H and O–H groups in total. The number of aromatic nitrogens is 1. The summed E-state index contributed by atoms with van der Waals surface area (Å²) < 4.78 is 4.96. The Kier molecular flexibility index (Phi) is 6.20. The van der Waals surface area contributed by atoms with Crippen LogP contribution in [-0.2, 0) is 16.0 Å². The predicted molar refractivity (Wildman–Crippen MR) is 110 cm³/mol. The third-order valence-electron chi connectivity index (χ3n) is 3.60. The van der Waals surface area contributed by atoms with Gasteiger partial charge in [0.15, 0.2) is 5.13 Å². The number of ether oxygens (including phenoxy) is 1. The van der Waals surface area contributed by atoms with E-state index in [0.717, 1.165) is 16.0 Å². The van der Waals surface area contributed by atoms with E-state index in [1.807, 2.05) is 48.7 Å². The number of carbonyl (C=O) groups is 2. The van der Waals surface area contributed by atoms with Gasteiger partial charge in [-0.1, -0.05) is 47.2 Å². The Hall–Kier alpha value is -2.71. The molecule has 0 radical (unpaired) electrons. The smallest absolute Gasteiger partial charge is 0.412 e. The molecule has 0 saturated heterocycles. The minimum absolute atomic E-state index is 0.149. The highest BCUT2D eigenvalue weighted by molar-refractivity contribution is 7.20. The number of thiazole rings is 1. The highest BCUT2D eigenvalue weighted by Crippen LogP contribution is 2.36. The number of nitrogens with one attached hydrogen (secondary N) is 2. The normalized spacial score (nSPS) is 10.4. The summed E-state index contributed by atoms with van der Waals surface area (Å²) in [7, 11) is 0. The largest absolute Gasteiger partial charge is 0.450 e. The summed E-state index contributed by atoms with van der Waals surface area (Å²) in [6, 6.07) is 11.6. The minimum atomic E-state index is -0.550. The maximum Gasteiger partial charge on any atom is 0.412 e. The van der Waals surface area contributed by atoms with Gasteiger partial charge in [-0.15, -0.1) is 11.3 Å². The molecule has 1 aromatic carbocycles. The van der Waals surface area contributed by atoms with Crippen molar-refractivity contribution in [1.29, 1.82) is 0 Å². The fraction of sp³-hybridized carbons (Fsp3) is 0.211. The number of aryl methyl sites for hydroxylation is 1. The summed E-state index contributed by atoms with van der Waals surface area (Å²) in [5.74, 6) is -0.149. The monoisotopic (exact) mass is 401 g/mol. The van der Waals surface area contributed by atoms with E-state index in [2.05, 4.69) is 15.6 Å². The van der Waals surface area contributed by atoms with Crippen LogP contribution >= 0.6 is 22.7 Å². The van der Waals surface area contributed by atoms with Crippen LogP contribution in [0.5, 0.6) is 0 Å². The number of hydrogen-bond acceptors (Lipinski definition) is 6. The van der Waals surface area contributed by atoms with Gasteiger partial charge in [0.2, 0.25) is 5.91 Å². The summed E-state index contributed by atoms with van der Waals surface area (Å²) in [5, 5.41) is 8.41. The van der Waals surface area contributed by atoms with Crippen molar-refractivity contribution in [3.05, 3.63) is 52.2 Å². The SMILES string of the molecule is CCOC(=O)Nc1sc(NC(=O)Cc2cccs2)nc1-c1ccc(C)cc1. The Morgan fingerprint density at radius 1 is 1.15 bits per heavy atom. The van der Waals surface area contributed by atoms with Crippen molar-refractivity contribution in [2.45, 2.75) is 20.3 Å². The molecular formula is C19H19N3O3S2. The van der Waals surface area contributed by atoms with Gasteiger partial charge in [0.25, 0.3) is 0 Å². The number of thiophene rings is 1. The van der Waals surface area contributed by atoms with E-state index in [1.54, 1.807) is 6.92 Å². The Morgan fingerprint density at radius 2 is 1.93 bits per heavy atom. The second-order valence-electron chi connectivity index (χ2n) is 5.71. The molecule has 0 saturated carbocycles. The molecule has 0 bridgehead atoms. The van der Waals surface area contributed by atoms with E-state index in [-0.39, 0.29) is 18.9 Å². The molecule has 27 heavy (non-hydrogen) atoms. The minimum Gasteiger partial charge on any atom is -0.450 e. The van der Waals surface area contributed by atoms with Gasteiger partial charge in [-0.2, -0.15) is 0 Å². The summed E-state index contributed by atoms with van der Waals surface area (Å²) in [5.41, 5.74) is 2.57. The molecule has 0 unspecified atom stereocenters. The molecule has 2 aromatic heterocycles. The fourth-order valence-corrected chi connectivity index (χ4v) is 3.95. The van der Waals surface area contributed by atoms with Crippen molar-refractivity contribution in [3.8, 4) is 11.3 Å². The molecule has 0 aliphatic heterocycles. The number of carbonyl (C=O) groups excluding carboxylic acids is 2. The van der Waals surface area contributed by atoms with Crippen molar-refractivity contribution in [2.75, 3.05) is 17.2 Å². The number of hydrogen-bond donors (Lipinski definition) is 2. The molecule has 3 aromatic rings. The molecule has 0 aliphatic rings. The van der Waals surface area contributed by atoms with Crippen LogP contribution < -0.4 is 10.6 Å². The van der Waals surface area contributed by atoms with E-state index >= 15 is 0 Å². The van der Waals surface area contributed by atoms with Crippen molar-refractivity contribution in [2.24, 2.45) is 0 Å². The number of anilines is 2. The van der Waals surface area contributed by atoms with E-state index in [4.69, 9.17) is 4.74 Å². The molecule has 0 fully saturated rings. The van der Waals surface area contributed by atoms with Gasteiger partial charge in [0.05, 0.1) is 13.0 Å². The quantitative estimate of drug-likeness (QED) is 0.614. The molecule has 6 nitrogen and oxygen atoms in total. The van der Waals surface area contributed by atoms with Crippen molar-refractivity contribution >= 4 is 44.8 Å². The summed E-state index contributed by atoms with van der Waals surface area (Å²) in [4.78, 5) is 29.6. The average Bonchev–Trinajstić information content (AvgIpc) is 3.26. The lowest BCUT2D eigenvalue weighted by molar-refractivity contribution is -0.115. The van der Waals surface area contributed by atoms with Crippen LogP contribution in [0.2, 0.25) is 0 Å². The lowest BCUT2D eigenvalue weighted by Gasteiger charge is -2.05. The zero-order valence-electron chi connectivity index (χ0n) is 14.9. The van der Waals surface area contributed by atoms with Crippen LogP contribution in [0.4, 0.5) is 14.9 Å². The summed E-state index contributed by atoms with van der Waals surface area (Å²) in [6.07, 6.45) is -0.261. The Bertz CT molecular complexity index is 918. The van der Waals surface area contributed by atoms with E-state index in [9.17, 15) is 9.59 Å². The predicted octanol–water partition coefficient (Wildman–Crippen LogP) is 4.93. The lowest BCUT2D eigenvalue weighted by atomic mass is 10.1. The molecule has 2 amide bonds. The highest BCUT2D eigenvalue weighted by atomic mass is 32.1. The van der Waals surface area contributed by atoms with Gasteiger partial charge >= 0.3 is 6.09 Å². The Morgan fingerprint density at radius 3 is 2.59 bits per heavy atom. The second kappa shape index (κ2) is 8.79. The zero-order chi connectivity index (χ0) is 19.2. The topological polar surface area (TPSA) is 80.3 Å². The molecule has 0 atom stereocenters. The van der Waals surface area contributed by atoms with E-state index in [0.29, 0.717) is 15.8 Å². The third-order valence-corrected chi connectivity index (χ3v) is 5.37. The fourth-order valence-electron chi connectivity index (χ4n) is 2.36. The van der Waals surface area contributed by atoms with Crippen LogP contribution in [0, 0.1) is 6.92 Å². The van der Waals surface area contributed by atoms with Gasteiger partial charge in [-0.3, -0.25) is 10.1 Å². The molecule has 0 spiro atoms. The van der Waals surface area contributed by atoms with Crippen LogP contribution in [0.15, 0.2) is 41.8 Å². The number of nitrogens with zero attached hydrogens (tertiary/aromatic N) is 1. The molecule has 140 valence electrons. The highest BCUT2D eigenvalue weighted by Gasteiger charge is 2.17. The molecule has 2 heterocycles. The number of rotatable bonds is 6. The average molecular weight is 402 g/mol. The van der Waals surface area contributed by atoms with Crippen molar-refractivity contribution in [3.63, 3.8) is 0 Å². The molecule has 8 heteroatoms. The first-order valence-corrected chi connectivity index (χ1v) is 10.1. The van der Waals surface area contributed by atoms with Crippen LogP contribution in [0.25, 0.3) is 11.3 Å². The maximum atomic E-state index is 12.3. The van der Waals surface area contributed by atoms with E-state index < -0.39 is 6.09 Å². The molecular weight excluding hydrogens is 382 g/mol. The first-order chi connectivity index (χ1) is 13.0. The summed E-state index contributed by atoms with van der Waals surface area (Å²) >= 11 is 2.73. The molecule has 3 rings (SSSR count). The first-order valence-electron chi connectivity index (χ1n) is 8.39. The van der Waals surface area contributed by atoms with Gasteiger partial charge in [-0.25, -0.2) is 9.78 Å². The number of amides is 2. The number of benzene rings is 1. The van der Waals surface area contributed by atoms with Crippen LogP contribution in [0.3, 0.4) is 0 Å². The molecule has 0 aliphatic carbocycles. The summed E-state index contributed by atoms with van der Waals surface area (Å²) in [6.45, 7) is 4.01. The van der Waals surface area contributed by atoms with Gasteiger partial charge in [0, 0.05) is 10.4 Å². The van der Waals surface area contributed by atoms with Crippen molar-refractivity contribution < 1.29 is 14.3 Å². The maximum absolute atomic E-state index is 12.3. The first kappa shape index (κ1) is 19.1. The second-order valence-corrected chi connectivity index (χ2v) is 7.74. The van der Waals surface area contributed by atoms with Gasteiger partial charge in [-0.05, 0) is 25.3 Å². The van der Waals surface area contributed by atoms with Crippen LogP contribution in [-0.4, -0.2) is 23.6 Å². The van der Waals surface area contributed by atoms with E-state index in [1.165, 1.54) is 22.7 Å². The van der Waals surface area contributed by atoms with Crippen LogP contribution in [0.1, 0.15) is 17.4 Å². The lowest BCUT2D eigenvalue weighted by Crippen LogP contribution is -2.13. The zero-order valence-corrected chi connectivity index (χ0v) is 16.6. The Labute approximate surface area is 165 Å².